The first-order valence-corrected chi connectivity index (χ1v) is 22.7. The maximum absolute atomic E-state index is 14.0. The number of aliphatic hydroxyl groups excluding tert-OH is 1. The van der Waals surface area contributed by atoms with Gasteiger partial charge in [-0.25, -0.2) is 4.99 Å². The van der Waals surface area contributed by atoms with Crippen molar-refractivity contribution in [3.63, 3.8) is 0 Å². The molecule has 3 aromatic carbocycles. The molecule has 0 fully saturated rings. The smallest absolute Gasteiger partial charge is 0.490 e. The predicted octanol–water partition coefficient (Wildman–Crippen LogP) is 9.75. The number of aromatic nitrogens is 1. The molecule has 0 radical (unpaired) electrons. The first-order valence-electron chi connectivity index (χ1n) is 21.8. The SMILES string of the molecule is CC(C)(CCC(C)(C)NC(=O)CCCCCNC(=O)COc1ccc(/C=C/C2=NC(=C\c3ccc(-c4cccs4)n3B(F)F)/C=C2)cc1)NC[C@H](O)COc1cccc2ccccc12. The number of hydrogen-bond acceptors (Lipinski definition) is 8. The second-order valence-corrected chi connectivity index (χ2v) is 18.1. The molecule has 6 rings (SSSR count). The number of unbranched alkanes of at least 4 members (excludes halogenated alkanes) is 2. The van der Waals surface area contributed by atoms with Crippen LogP contribution in [0.4, 0.5) is 8.63 Å². The Bertz CT molecular complexity index is 2440. The van der Waals surface area contributed by atoms with Crippen LogP contribution in [0.25, 0.3) is 33.5 Å². The Hall–Kier alpha value is -5.83. The van der Waals surface area contributed by atoms with Crippen LogP contribution in [0, 0.1) is 0 Å². The van der Waals surface area contributed by atoms with Crippen molar-refractivity contribution in [1.29, 1.82) is 0 Å². The fourth-order valence-electron chi connectivity index (χ4n) is 7.19. The summed E-state index contributed by atoms with van der Waals surface area (Å²) in [6.45, 7) is 9.20. The van der Waals surface area contributed by atoms with Crippen LogP contribution in [-0.2, 0) is 9.59 Å². The molecule has 0 bridgehead atoms. The van der Waals surface area contributed by atoms with E-state index in [4.69, 9.17) is 9.47 Å². The van der Waals surface area contributed by atoms with Crippen LogP contribution >= 0.6 is 11.3 Å². The lowest BCUT2D eigenvalue weighted by Gasteiger charge is -2.33. The second-order valence-electron chi connectivity index (χ2n) is 17.2. The zero-order valence-corrected chi connectivity index (χ0v) is 37.8. The van der Waals surface area contributed by atoms with E-state index >= 15 is 0 Å². The van der Waals surface area contributed by atoms with Crippen molar-refractivity contribution in [3.8, 4) is 22.1 Å². The summed E-state index contributed by atoms with van der Waals surface area (Å²) in [4.78, 5) is 30.5. The van der Waals surface area contributed by atoms with Gasteiger partial charge in [0.05, 0.1) is 17.1 Å². The number of hydrogen-bond donors (Lipinski definition) is 4. The quantitative estimate of drug-likeness (QED) is 0.0361. The Kier molecular flexibility index (Phi) is 16.9. The van der Waals surface area contributed by atoms with E-state index in [9.17, 15) is 23.3 Å². The summed E-state index contributed by atoms with van der Waals surface area (Å²) >= 11 is 1.42. The molecule has 1 aliphatic rings. The van der Waals surface area contributed by atoms with Crippen LogP contribution in [0.3, 0.4) is 0 Å². The van der Waals surface area contributed by atoms with Gasteiger partial charge in [-0.05, 0) is 130 Å². The molecule has 336 valence electrons. The molecule has 14 heteroatoms. The minimum Gasteiger partial charge on any atom is -0.490 e. The van der Waals surface area contributed by atoms with E-state index in [1.54, 1.807) is 36.4 Å². The Morgan fingerprint density at radius 2 is 1.64 bits per heavy atom. The molecule has 0 saturated heterocycles. The number of carbonyl (C=O) groups is 2. The fourth-order valence-corrected chi connectivity index (χ4v) is 7.94. The molecule has 0 spiro atoms. The van der Waals surface area contributed by atoms with Crippen molar-refractivity contribution in [3.05, 3.63) is 132 Å². The summed E-state index contributed by atoms with van der Waals surface area (Å²) < 4.78 is 40.6. The fraction of sp³-hybridized carbons (Fsp3) is 0.340. The number of amides is 2. The molecule has 2 amide bonds. The highest BCUT2D eigenvalue weighted by Gasteiger charge is 2.27. The molecule has 2 aromatic heterocycles. The van der Waals surface area contributed by atoms with E-state index in [0.29, 0.717) is 48.1 Å². The maximum Gasteiger partial charge on any atom is 0.678 e. The van der Waals surface area contributed by atoms with Crippen LogP contribution in [0.1, 0.15) is 77.5 Å². The van der Waals surface area contributed by atoms with Crippen molar-refractivity contribution in [1.82, 2.24) is 20.4 Å². The Balaban J connectivity index is 0.809. The first kappa shape index (κ1) is 47.6. The molecule has 0 saturated carbocycles. The van der Waals surface area contributed by atoms with Gasteiger partial charge in [-0.15, -0.1) is 11.3 Å². The van der Waals surface area contributed by atoms with E-state index in [-0.39, 0.29) is 30.6 Å². The number of rotatable bonds is 24. The number of halogens is 2. The summed E-state index contributed by atoms with van der Waals surface area (Å²) in [7, 11) is -2.68. The predicted molar refractivity (Wildman–Crippen MR) is 257 cm³/mol. The van der Waals surface area contributed by atoms with Crippen molar-refractivity contribution in [2.45, 2.75) is 83.4 Å². The minimum atomic E-state index is -2.68. The van der Waals surface area contributed by atoms with Crippen molar-refractivity contribution >= 4 is 59.2 Å². The van der Waals surface area contributed by atoms with Gasteiger partial charge in [0.25, 0.3) is 5.91 Å². The topological polar surface area (TPSA) is 126 Å². The van der Waals surface area contributed by atoms with Gasteiger partial charge in [0.1, 0.15) is 24.2 Å². The number of carbonyl (C=O) groups excluding carboxylic acids is 2. The molecule has 3 heterocycles. The minimum absolute atomic E-state index is 0.00581. The standard InChI is InChI=1S/C50H58BF2N5O5S/c1-49(2,55-33-41(59)34-63-45-15-10-13-37-12-7-8-14-43(37)45)28-29-50(3,4)57-47(60)17-6-5-9-30-54-48(61)35-62-42-25-19-36(20-26-42)18-21-38-22-23-39(56-38)32-40-24-27-44(58(40)51(52)53)46-16-11-31-64-46/h7-8,10-16,18-27,31-32,41,55,59H,5-6,9,17,28-30,33-35H2,1-4H3,(H,54,61)(H,57,60)/b21-18+,39-32-/t41-/m0/s1. The lowest BCUT2D eigenvalue weighted by molar-refractivity contribution is -0.124. The Labute approximate surface area is 379 Å². The van der Waals surface area contributed by atoms with Crippen LogP contribution in [0.15, 0.2) is 125 Å². The highest BCUT2D eigenvalue weighted by atomic mass is 32.1. The lowest BCUT2D eigenvalue weighted by Crippen LogP contribution is -2.48. The number of nitrogens with zero attached hydrogens (tertiary/aromatic N) is 2. The van der Waals surface area contributed by atoms with Gasteiger partial charge in [-0.3, -0.25) is 18.2 Å². The van der Waals surface area contributed by atoms with Gasteiger partial charge in [0, 0.05) is 46.5 Å². The van der Waals surface area contributed by atoms with E-state index in [1.165, 1.54) is 11.3 Å². The lowest BCUT2D eigenvalue weighted by atomic mass is 9.89. The van der Waals surface area contributed by atoms with Gasteiger partial charge < -0.3 is 35.0 Å². The average molecular weight is 890 g/mol. The monoisotopic (exact) mass is 889 g/mol. The first-order chi connectivity index (χ1) is 30.7. The number of thiophene rings is 1. The summed E-state index contributed by atoms with van der Waals surface area (Å²) in [5.41, 5.74) is 2.38. The molecule has 10 nitrogen and oxygen atoms in total. The van der Waals surface area contributed by atoms with Gasteiger partial charge in [-0.1, -0.05) is 67.1 Å². The summed E-state index contributed by atoms with van der Waals surface area (Å²) in [6, 6.07) is 28.3. The number of nitrogens with one attached hydrogen (secondary N) is 3. The zero-order chi connectivity index (χ0) is 45.5. The molecular formula is C50H58BF2N5O5S. The van der Waals surface area contributed by atoms with Gasteiger partial charge >= 0.3 is 7.40 Å². The number of aliphatic hydroxyl groups is 1. The summed E-state index contributed by atoms with van der Waals surface area (Å²) in [5.74, 6) is 1.10. The zero-order valence-electron chi connectivity index (χ0n) is 37.0. The molecule has 1 aliphatic heterocycles. The average Bonchev–Trinajstić information content (AvgIpc) is 4.07. The van der Waals surface area contributed by atoms with Crippen LogP contribution in [-0.4, -0.2) is 78.0 Å². The number of benzene rings is 3. The van der Waals surface area contributed by atoms with Gasteiger partial charge in [0.2, 0.25) is 5.91 Å². The van der Waals surface area contributed by atoms with E-state index in [0.717, 1.165) is 63.5 Å². The molecule has 0 unspecified atom stereocenters. The van der Waals surface area contributed by atoms with E-state index in [2.05, 4.69) is 34.8 Å². The van der Waals surface area contributed by atoms with Crippen molar-refractivity contribution < 1.29 is 32.8 Å². The molecule has 64 heavy (non-hydrogen) atoms. The normalized spacial score (nSPS) is 14.0. The van der Waals surface area contributed by atoms with Crippen LogP contribution in [0.5, 0.6) is 11.5 Å². The Morgan fingerprint density at radius 1 is 0.859 bits per heavy atom. The van der Waals surface area contributed by atoms with Crippen molar-refractivity contribution in [2.24, 2.45) is 4.99 Å². The van der Waals surface area contributed by atoms with Crippen LogP contribution in [0.2, 0.25) is 0 Å². The third kappa shape index (κ3) is 14.6. The third-order valence-corrected chi connectivity index (χ3v) is 11.7. The Morgan fingerprint density at radius 3 is 2.42 bits per heavy atom. The highest BCUT2D eigenvalue weighted by molar-refractivity contribution is 7.13. The number of ether oxygens (including phenoxy) is 2. The van der Waals surface area contributed by atoms with Gasteiger partial charge in [0.15, 0.2) is 6.61 Å². The molecular weight excluding hydrogens is 831 g/mol. The summed E-state index contributed by atoms with van der Waals surface area (Å²) in [6.07, 6.45) is 12.6. The van der Waals surface area contributed by atoms with E-state index < -0.39 is 19.0 Å². The summed E-state index contributed by atoms with van der Waals surface area (Å²) in [5, 5.41) is 24.1. The molecule has 5 aromatic rings. The van der Waals surface area contributed by atoms with Crippen molar-refractivity contribution in [2.75, 3.05) is 26.3 Å². The molecule has 1 atom stereocenters. The van der Waals surface area contributed by atoms with Crippen LogP contribution < -0.4 is 25.4 Å². The number of fused-ring (bicyclic) bond motifs is 1. The number of allylic oxidation sites excluding steroid dienone is 3. The second kappa shape index (κ2) is 22.7. The third-order valence-electron chi connectivity index (χ3n) is 10.8. The largest absolute Gasteiger partial charge is 0.678 e. The van der Waals surface area contributed by atoms with E-state index in [1.807, 2.05) is 104 Å². The van der Waals surface area contributed by atoms with Gasteiger partial charge in [-0.2, -0.15) is 0 Å². The maximum atomic E-state index is 14.0. The number of aliphatic imine (C=N–C) groups is 1. The number of β-amino-alcohol motifs (C(OH)–C–C–N with tert-alkyl or cyclic N) is 1. The molecule has 4 N–H and O–H groups in total. The highest BCUT2D eigenvalue weighted by Crippen LogP contribution is 2.30. The molecule has 0 aliphatic carbocycles.